The van der Waals surface area contributed by atoms with Crippen LogP contribution < -0.4 is 0 Å². The molecule has 2 aromatic carbocycles. The van der Waals surface area contributed by atoms with Crippen LogP contribution in [0.1, 0.15) is 25.0 Å². The number of sulfonamides is 1. The van der Waals surface area contributed by atoms with Crippen LogP contribution in [0.15, 0.2) is 92.2 Å². The van der Waals surface area contributed by atoms with E-state index in [9.17, 15) is 13.2 Å². The number of aryl methyl sites for hydroxylation is 1. The van der Waals surface area contributed by atoms with Crippen LogP contribution in [0, 0.1) is 6.92 Å². The average molecular weight is 392 g/mol. The molecule has 0 spiro atoms. The highest BCUT2D eigenvalue weighted by atomic mass is 32.2. The summed E-state index contributed by atoms with van der Waals surface area (Å²) in [4.78, 5) is 16.5. The van der Waals surface area contributed by atoms with E-state index in [1.54, 1.807) is 62.4 Å². The lowest BCUT2D eigenvalue weighted by atomic mass is 9.98. The van der Waals surface area contributed by atoms with Gasteiger partial charge in [0.25, 0.3) is 10.0 Å². The minimum Gasteiger partial charge on any atom is -0.289 e. The van der Waals surface area contributed by atoms with Crippen molar-refractivity contribution in [2.45, 2.75) is 25.7 Å². The van der Waals surface area contributed by atoms with Gasteiger partial charge in [-0.1, -0.05) is 48.0 Å². The fourth-order valence-electron chi connectivity index (χ4n) is 2.72. The van der Waals surface area contributed by atoms with Gasteiger partial charge >= 0.3 is 0 Å². The molecule has 3 rings (SSSR count). The van der Waals surface area contributed by atoms with Crippen molar-refractivity contribution in [1.82, 2.24) is 0 Å². The molecule has 0 amide bonds. The molecule has 0 unspecified atom stereocenters. The Kier molecular flexibility index (Phi) is 5.51. The van der Waals surface area contributed by atoms with Crippen molar-refractivity contribution in [3.63, 3.8) is 0 Å². The smallest absolute Gasteiger partial charge is 0.284 e. The lowest BCUT2D eigenvalue weighted by molar-refractivity contribution is -0.112. The Morgan fingerprint density at radius 3 is 1.96 bits per heavy atom. The molecule has 1 aliphatic carbocycles. The van der Waals surface area contributed by atoms with Crippen LogP contribution in [-0.2, 0) is 14.8 Å². The summed E-state index contributed by atoms with van der Waals surface area (Å²) in [7, 11) is -3.94. The standard InChI is InChI=1S/C22H20N2O3S/c1-15-9-11-20(12-10-15)28(26,27)24-22(18-7-5-4-6-8-18)23-19-13-16(2)21(25)17(3)14-19/h4-14H,1-3H3/b24-22+. The van der Waals surface area contributed by atoms with Gasteiger partial charge in [-0.05, 0) is 56.2 Å². The molecule has 28 heavy (non-hydrogen) atoms. The van der Waals surface area contributed by atoms with Gasteiger partial charge < -0.3 is 0 Å². The van der Waals surface area contributed by atoms with Crippen LogP contribution in [0.3, 0.4) is 0 Å². The molecule has 6 heteroatoms. The van der Waals surface area contributed by atoms with E-state index in [4.69, 9.17) is 0 Å². The van der Waals surface area contributed by atoms with Crippen molar-refractivity contribution in [2.24, 2.45) is 9.39 Å². The molecular weight excluding hydrogens is 372 g/mol. The van der Waals surface area contributed by atoms with Gasteiger partial charge in [0.2, 0.25) is 0 Å². The number of rotatable bonds is 3. The quantitative estimate of drug-likeness (QED) is 0.449. The molecule has 0 aliphatic heterocycles. The van der Waals surface area contributed by atoms with Crippen molar-refractivity contribution in [1.29, 1.82) is 0 Å². The molecule has 0 saturated heterocycles. The summed E-state index contributed by atoms with van der Waals surface area (Å²) in [5.74, 6) is 0.0167. The third kappa shape index (κ3) is 4.40. The molecule has 142 valence electrons. The summed E-state index contributed by atoms with van der Waals surface area (Å²) in [6.45, 7) is 5.29. The van der Waals surface area contributed by atoms with Gasteiger partial charge in [-0.3, -0.25) is 4.79 Å². The van der Waals surface area contributed by atoms with Crippen LogP contribution >= 0.6 is 0 Å². The Balaban J connectivity index is 2.14. The number of Topliss-reactive ketones (excluding diaryl/α,β-unsaturated/α-hetero) is 1. The molecule has 0 saturated carbocycles. The van der Waals surface area contributed by atoms with Crippen LogP contribution in [0.5, 0.6) is 0 Å². The molecule has 2 aromatic rings. The van der Waals surface area contributed by atoms with Crippen molar-refractivity contribution >= 4 is 27.4 Å². The van der Waals surface area contributed by atoms with E-state index in [-0.39, 0.29) is 16.5 Å². The van der Waals surface area contributed by atoms with Crippen molar-refractivity contribution in [2.75, 3.05) is 0 Å². The molecule has 0 fully saturated rings. The zero-order valence-corrected chi connectivity index (χ0v) is 16.7. The maximum absolute atomic E-state index is 12.8. The number of aliphatic imine (C=N–C) groups is 1. The van der Waals surface area contributed by atoms with E-state index in [0.29, 0.717) is 22.4 Å². The maximum Gasteiger partial charge on any atom is 0.284 e. The minimum atomic E-state index is -3.94. The van der Waals surface area contributed by atoms with Crippen LogP contribution in [-0.4, -0.2) is 25.7 Å². The summed E-state index contributed by atoms with van der Waals surface area (Å²) < 4.78 is 29.6. The number of hydrogen-bond donors (Lipinski definition) is 0. The first-order chi connectivity index (χ1) is 13.3. The highest BCUT2D eigenvalue weighted by Gasteiger charge is 2.18. The number of hydrogen-bond acceptors (Lipinski definition) is 3. The fraction of sp³-hybridized carbons (Fsp3) is 0.136. The first-order valence-corrected chi connectivity index (χ1v) is 10.2. The molecule has 0 aromatic heterocycles. The van der Waals surface area contributed by atoms with Gasteiger partial charge in [-0.2, -0.15) is 8.42 Å². The molecule has 0 bridgehead atoms. The SMILES string of the molecule is CC1=CC(=N/C(=N/S(=O)(=O)c2ccc(C)cc2)c2ccccc2)C=C(C)C1=O. The highest BCUT2D eigenvalue weighted by Crippen LogP contribution is 2.17. The Morgan fingerprint density at radius 1 is 0.821 bits per heavy atom. The summed E-state index contributed by atoms with van der Waals surface area (Å²) in [5, 5.41) is 0. The topological polar surface area (TPSA) is 75.9 Å². The molecule has 1 aliphatic rings. The number of carbonyl (C=O) groups is 1. The summed E-state index contributed by atoms with van der Waals surface area (Å²) >= 11 is 0. The van der Waals surface area contributed by atoms with Gasteiger partial charge in [0.15, 0.2) is 11.6 Å². The Labute approximate surface area is 164 Å². The third-order valence-corrected chi connectivity index (χ3v) is 5.52. The zero-order valence-electron chi connectivity index (χ0n) is 15.9. The normalized spacial score (nSPS) is 15.2. The molecule has 0 radical (unpaired) electrons. The summed E-state index contributed by atoms with van der Waals surface area (Å²) in [6.07, 6.45) is 3.26. The van der Waals surface area contributed by atoms with Gasteiger partial charge in [0.05, 0.1) is 10.6 Å². The number of nitrogens with zero attached hydrogens (tertiary/aromatic N) is 2. The van der Waals surface area contributed by atoms with Gasteiger partial charge in [-0.25, -0.2) is 4.99 Å². The monoisotopic (exact) mass is 392 g/mol. The fourth-order valence-corrected chi connectivity index (χ4v) is 3.68. The van der Waals surface area contributed by atoms with Gasteiger partial charge in [0.1, 0.15) is 0 Å². The Bertz CT molecular complexity index is 1110. The van der Waals surface area contributed by atoms with Gasteiger partial charge in [0, 0.05) is 5.56 Å². The first-order valence-electron chi connectivity index (χ1n) is 8.73. The number of carbonyl (C=O) groups excluding carboxylic acids is 1. The van der Waals surface area contributed by atoms with Crippen LogP contribution in [0.4, 0.5) is 0 Å². The van der Waals surface area contributed by atoms with Crippen molar-refractivity contribution < 1.29 is 13.2 Å². The molecular formula is C22H20N2O3S. The highest BCUT2D eigenvalue weighted by molar-refractivity contribution is 7.90. The van der Waals surface area contributed by atoms with E-state index >= 15 is 0 Å². The lowest BCUT2D eigenvalue weighted by Crippen LogP contribution is -2.13. The molecule has 5 nitrogen and oxygen atoms in total. The number of ketones is 1. The first kappa shape index (κ1) is 19.6. The average Bonchev–Trinajstić information content (AvgIpc) is 2.66. The predicted molar refractivity (Wildman–Crippen MR) is 111 cm³/mol. The van der Waals surface area contributed by atoms with Crippen LogP contribution in [0.25, 0.3) is 0 Å². The second-order valence-corrected chi connectivity index (χ2v) is 8.19. The van der Waals surface area contributed by atoms with Crippen molar-refractivity contribution in [3.05, 3.63) is 89.0 Å². The lowest BCUT2D eigenvalue weighted by Gasteiger charge is -2.10. The number of benzene rings is 2. The largest absolute Gasteiger partial charge is 0.289 e. The molecule has 0 atom stereocenters. The second kappa shape index (κ2) is 7.86. The van der Waals surface area contributed by atoms with Crippen molar-refractivity contribution in [3.8, 4) is 0 Å². The van der Waals surface area contributed by atoms with E-state index < -0.39 is 10.0 Å². The van der Waals surface area contributed by atoms with Crippen LogP contribution in [0.2, 0.25) is 0 Å². The minimum absolute atomic E-state index is 0.0515. The number of amidine groups is 1. The zero-order chi connectivity index (χ0) is 20.3. The molecule has 0 N–H and O–H groups in total. The summed E-state index contributed by atoms with van der Waals surface area (Å²) in [6, 6.07) is 15.4. The maximum atomic E-state index is 12.8. The van der Waals surface area contributed by atoms with E-state index in [1.165, 1.54) is 12.1 Å². The Hall–Kier alpha value is -3.12. The van der Waals surface area contributed by atoms with E-state index in [0.717, 1.165) is 5.56 Å². The third-order valence-electron chi connectivity index (χ3n) is 4.24. The second-order valence-electron chi connectivity index (χ2n) is 6.59. The van der Waals surface area contributed by atoms with E-state index in [1.807, 2.05) is 13.0 Å². The Morgan fingerprint density at radius 2 is 1.39 bits per heavy atom. The van der Waals surface area contributed by atoms with Gasteiger partial charge in [-0.15, -0.1) is 4.40 Å². The number of allylic oxidation sites excluding steroid dienone is 4. The van der Waals surface area contributed by atoms with E-state index in [2.05, 4.69) is 9.39 Å². The predicted octanol–water partition coefficient (Wildman–Crippen LogP) is 4.05. The summed E-state index contributed by atoms with van der Waals surface area (Å²) in [5.41, 5.74) is 3.11. The molecule has 0 heterocycles.